The Morgan fingerprint density at radius 3 is 1.85 bits per heavy atom. The molecule has 1 atom stereocenters. The fourth-order valence-electron chi connectivity index (χ4n) is 4.03. The summed E-state index contributed by atoms with van der Waals surface area (Å²) in [6, 6.07) is 11.2. The summed E-state index contributed by atoms with van der Waals surface area (Å²) in [5.74, 6) is -3.36. The van der Waals surface area contributed by atoms with E-state index >= 15 is 0 Å². The Kier molecular flexibility index (Phi) is 6.18. The maximum absolute atomic E-state index is 13.9. The summed E-state index contributed by atoms with van der Waals surface area (Å²) in [4.78, 5) is 8.33. The lowest BCUT2D eigenvalue weighted by Crippen LogP contribution is -2.46. The molecular formula is C24H32BF2N3O3. The molecule has 1 unspecified atom stereocenters. The summed E-state index contributed by atoms with van der Waals surface area (Å²) in [6.45, 7) is 12.4. The summed E-state index contributed by atoms with van der Waals surface area (Å²) in [5, 5.41) is 9.29. The van der Waals surface area contributed by atoms with Crippen molar-refractivity contribution < 1.29 is 23.2 Å². The van der Waals surface area contributed by atoms with Crippen molar-refractivity contribution in [3.8, 4) is 0 Å². The zero-order valence-electron chi connectivity index (χ0n) is 19.9. The van der Waals surface area contributed by atoms with Crippen molar-refractivity contribution in [1.29, 1.82) is 0 Å². The van der Waals surface area contributed by atoms with Gasteiger partial charge in [0.15, 0.2) is 0 Å². The Balaban J connectivity index is 1.36. The molecule has 0 aliphatic carbocycles. The second kappa shape index (κ2) is 8.53. The van der Waals surface area contributed by atoms with Crippen molar-refractivity contribution >= 4 is 24.0 Å². The third kappa shape index (κ3) is 4.59. The first-order valence-corrected chi connectivity index (χ1v) is 11.4. The maximum atomic E-state index is 13.9. The third-order valence-electron chi connectivity index (χ3n) is 7.04. The van der Waals surface area contributed by atoms with E-state index in [4.69, 9.17) is 9.31 Å². The number of aliphatic hydroxyl groups is 1. The highest BCUT2D eigenvalue weighted by Crippen LogP contribution is 2.36. The van der Waals surface area contributed by atoms with Crippen LogP contribution in [0.2, 0.25) is 0 Å². The van der Waals surface area contributed by atoms with Gasteiger partial charge in [-0.1, -0.05) is 12.1 Å². The number of benzene rings is 1. The summed E-state index contributed by atoms with van der Waals surface area (Å²) in [6.07, 6.45) is -0.323. The van der Waals surface area contributed by atoms with Gasteiger partial charge in [0, 0.05) is 31.9 Å². The van der Waals surface area contributed by atoms with Gasteiger partial charge in [-0.15, -0.1) is 0 Å². The van der Waals surface area contributed by atoms with Crippen molar-refractivity contribution in [2.75, 3.05) is 36.0 Å². The molecule has 0 amide bonds. The highest BCUT2D eigenvalue weighted by atomic mass is 19.3. The van der Waals surface area contributed by atoms with E-state index in [0.717, 1.165) is 49.9 Å². The molecular weight excluding hydrogens is 427 g/mol. The number of piperazine rings is 1. The second-order valence-electron chi connectivity index (χ2n) is 9.85. The summed E-state index contributed by atoms with van der Waals surface area (Å²) >= 11 is 0. The third-order valence-corrected chi connectivity index (χ3v) is 7.04. The van der Waals surface area contributed by atoms with Gasteiger partial charge in [-0.05, 0) is 64.3 Å². The monoisotopic (exact) mass is 459 g/mol. The van der Waals surface area contributed by atoms with E-state index in [9.17, 15) is 13.9 Å². The van der Waals surface area contributed by atoms with E-state index < -0.39 is 17.7 Å². The van der Waals surface area contributed by atoms with Crippen LogP contribution in [0.3, 0.4) is 0 Å². The molecule has 0 spiro atoms. The van der Waals surface area contributed by atoms with Crippen LogP contribution in [0.1, 0.15) is 40.3 Å². The molecule has 2 fully saturated rings. The number of hydrogen-bond donors (Lipinski definition) is 1. The average molecular weight is 459 g/mol. The van der Waals surface area contributed by atoms with Crippen LogP contribution in [-0.4, -0.2) is 60.7 Å². The van der Waals surface area contributed by atoms with Crippen LogP contribution in [0, 0.1) is 0 Å². The molecule has 4 rings (SSSR count). The Labute approximate surface area is 194 Å². The highest BCUT2D eigenvalue weighted by Gasteiger charge is 2.51. The molecule has 0 saturated carbocycles. The van der Waals surface area contributed by atoms with E-state index in [1.54, 1.807) is 6.07 Å². The van der Waals surface area contributed by atoms with Gasteiger partial charge in [-0.3, -0.25) is 4.98 Å². The molecule has 6 nitrogen and oxygen atoms in total. The molecule has 2 aliphatic heterocycles. The number of hydrogen-bond acceptors (Lipinski definition) is 6. The molecule has 2 saturated heterocycles. The molecule has 2 aliphatic rings. The normalized spacial score (nSPS) is 21.4. The SMILES string of the molecule is CC(O)C(F)(F)c1ccc(N2CCN(c3ccc(B4OC(C)(C)C(C)(C)O4)cc3)CC2)cn1. The summed E-state index contributed by atoms with van der Waals surface area (Å²) in [5.41, 5.74) is 1.77. The van der Waals surface area contributed by atoms with Crippen LogP contribution in [-0.2, 0) is 15.2 Å². The van der Waals surface area contributed by atoms with Crippen LogP contribution >= 0.6 is 0 Å². The topological polar surface area (TPSA) is 58.1 Å². The smallest absolute Gasteiger partial charge is 0.399 e. The lowest BCUT2D eigenvalue weighted by molar-refractivity contribution is -0.109. The Bertz CT molecular complexity index is 944. The molecule has 3 heterocycles. The highest BCUT2D eigenvalue weighted by molar-refractivity contribution is 6.62. The summed E-state index contributed by atoms with van der Waals surface area (Å²) < 4.78 is 40.2. The Morgan fingerprint density at radius 1 is 0.909 bits per heavy atom. The predicted octanol–water partition coefficient (Wildman–Crippen LogP) is 3.18. The van der Waals surface area contributed by atoms with Gasteiger partial charge in [-0.25, -0.2) is 0 Å². The molecule has 9 heteroatoms. The first-order chi connectivity index (χ1) is 15.4. The van der Waals surface area contributed by atoms with Crippen LogP contribution in [0.25, 0.3) is 0 Å². The van der Waals surface area contributed by atoms with E-state index in [-0.39, 0.29) is 18.3 Å². The van der Waals surface area contributed by atoms with Crippen LogP contribution in [0.4, 0.5) is 20.2 Å². The molecule has 33 heavy (non-hydrogen) atoms. The minimum absolute atomic E-state index is 0.369. The van der Waals surface area contributed by atoms with E-state index in [1.165, 1.54) is 12.3 Å². The summed E-state index contributed by atoms with van der Waals surface area (Å²) in [7, 11) is -0.377. The van der Waals surface area contributed by atoms with Gasteiger partial charge >= 0.3 is 13.0 Å². The van der Waals surface area contributed by atoms with Gasteiger partial charge in [0.25, 0.3) is 0 Å². The lowest BCUT2D eigenvalue weighted by Gasteiger charge is -2.37. The van der Waals surface area contributed by atoms with Gasteiger partial charge in [0.1, 0.15) is 11.8 Å². The average Bonchev–Trinajstić information content (AvgIpc) is 3.01. The minimum atomic E-state index is -3.36. The Hall–Kier alpha value is -2.23. The fourth-order valence-corrected chi connectivity index (χ4v) is 4.03. The van der Waals surface area contributed by atoms with Crippen molar-refractivity contribution in [1.82, 2.24) is 4.98 Å². The van der Waals surface area contributed by atoms with Gasteiger partial charge in [-0.2, -0.15) is 8.78 Å². The number of aliphatic hydroxyl groups excluding tert-OH is 1. The second-order valence-corrected chi connectivity index (χ2v) is 9.85. The van der Waals surface area contributed by atoms with Crippen LogP contribution in [0.15, 0.2) is 42.6 Å². The molecule has 1 N–H and O–H groups in total. The van der Waals surface area contributed by atoms with Gasteiger partial charge in [0.2, 0.25) is 0 Å². The molecule has 178 valence electrons. The molecule has 2 aromatic rings. The predicted molar refractivity (Wildman–Crippen MR) is 126 cm³/mol. The number of pyridine rings is 1. The van der Waals surface area contributed by atoms with E-state index in [0.29, 0.717) is 0 Å². The first-order valence-electron chi connectivity index (χ1n) is 11.4. The zero-order chi connectivity index (χ0) is 24.0. The minimum Gasteiger partial charge on any atom is -0.399 e. The number of aromatic nitrogens is 1. The number of alkyl halides is 2. The quantitative estimate of drug-likeness (QED) is 0.694. The number of halogens is 2. The van der Waals surface area contributed by atoms with Crippen molar-refractivity contribution in [3.05, 3.63) is 48.3 Å². The van der Waals surface area contributed by atoms with Crippen LogP contribution < -0.4 is 15.3 Å². The first kappa shape index (κ1) is 23.9. The lowest BCUT2D eigenvalue weighted by atomic mass is 9.79. The van der Waals surface area contributed by atoms with Crippen LogP contribution in [0.5, 0.6) is 0 Å². The van der Waals surface area contributed by atoms with Crippen molar-refractivity contribution in [2.45, 2.75) is 57.8 Å². The Morgan fingerprint density at radius 2 is 1.39 bits per heavy atom. The van der Waals surface area contributed by atoms with E-state index in [1.807, 2.05) is 27.7 Å². The standard InChI is InChI=1S/C24H32BF2N3O3/c1-17(31)24(26,27)21-11-10-20(16-28-21)30-14-12-29(13-15-30)19-8-6-18(7-9-19)25-32-22(2,3)23(4,5)33-25/h6-11,16-17,31H,12-15H2,1-5H3. The van der Waals surface area contributed by atoms with Crippen molar-refractivity contribution in [2.24, 2.45) is 0 Å². The fraction of sp³-hybridized carbons (Fsp3) is 0.542. The van der Waals surface area contributed by atoms with Gasteiger partial charge in [0.05, 0.1) is 23.1 Å². The largest absolute Gasteiger partial charge is 0.494 e. The number of nitrogens with zero attached hydrogens (tertiary/aromatic N) is 3. The van der Waals surface area contributed by atoms with Gasteiger partial charge < -0.3 is 24.2 Å². The molecule has 0 bridgehead atoms. The van der Waals surface area contributed by atoms with Crippen molar-refractivity contribution in [3.63, 3.8) is 0 Å². The van der Waals surface area contributed by atoms with E-state index in [2.05, 4.69) is 39.0 Å². The number of rotatable bonds is 5. The molecule has 0 radical (unpaired) electrons. The molecule has 1 aromatic heterocycles. The number of anilines is 2. The molecule has 1 aromatic carbocycles. The zero-order valence-corrected chi connectivity index (χ0v) is 19.9. The maximum Gasteiger partial charge on any atom is 0.494 e.